The third-order valence-corrected chi connectivity index (χ3v) is 6.28. The molecule has 0 amide bonds. The number of halogens is 2. The summed E-state index contributed by atoms with van der Waals surface area (Å²) in [6.07, 6.45) is 5.36. The van der Waals surface area contributed by atoms with Crippen LogP contribution < -0.4 is 10.5 Å². The van der Waals surface area contributed by atoms with Crippen molar-refractivity contribution < 1.29 is 4.74 Å². The summed E-state index contributed by atoms with van der Waals surface area (Å²) < 4.78 is 8.50. The van der Waals surface area contributed by atoms with E-state index in [9.17, 15) is 0 Å². The molecule has 154 valence electrons. The van der Waals surface area contributed by atoms with Crippen LogP contribution in [0.1, 0.15) is 35.5 Å². The van der Waals surface area contributed by atoms with Crippen molar-refractivity contribution in [3.05, 3.63) is 69.1 Å². The highest BCUT2D eigenvalue weighted by Gasteiger charge is 2.25. The largest absolute Gasteiger partial charge is 0.496 e. The van der Waals surface area contributed by atoms with Crippen LogP contribution in [0.5, 0.6) is 5.75 Å². The zero-order valence-electron chi connectivity index (χ0n) is 17.1. The zero-order chi connectivity index (χ0) is 21.6. The summed E-state index contributed by atoms with van der Waals surface area (Å²) >= 11 is 10.2. The average Bonchev–Trinajstić information content (AvgIpc) is 3.07. The van der Waals surface area contributed by atoms with Crippen molar-refractivity contribution in [1.82, 2.24) is 19.4 Å². The maximum absolute atomic E-state index is 6.67. The molecule has 8 heteroatoms. The summed E-state index contributed by atoms with van der Waals surface area (Å²) in [5.74, 6) is 1.84. The topological polar surface area (TPSA) is 78.3 Å². The molecule has 0 spiro atoms. The Morgan fingerprint density at radius 1 is 1.23 bits per heavy atom. The van der Waals surface area contributed by atoms with E-state index in [2.05, 4.69) is 32.8 Å². The van der Waals surface area contributed by atoms with Crippen LogP contribution in [-0.4, -0.2) is 26.5 Å². The van der Waals surface area contributed by atoms with Gasteiger partial charge in [-0.25, -0.2) is 9.97 Å². The van der Waals surface area contributed by atoms with Gasteiger partial charge in [-0.15, -0.1) is 0 Å². The van der Waals surface area contributed by atoms with Crippen molar-refractivity contribution in [2.24, 2.45) is 0 Å². The van der Waals surface area contributed by atoms with Gasteiger partial charge in [0.25, 0.3) is 0 Å². The third kappa shape index (κ3) is 3.32. The number of benzene rings is 1. The Morgan fingerprint density at radius 2 is 2.00 bits per heavy atom. The van der Waals surface area contributed by atoms with Crippen molar-refractivity contribution >= 4 is 38.9 Å². The molecule has 0 aliphatic rings. The molecular weight excluding hydrogens is 466 g/mol. The maximum Gasteiger partial charge on any atom is 0.150 e. The quantitative estimate of drug-likeness (QED) is 0.408. The molecule has 0 saturated carbocycles. The molecule has 0 aliphatic heterocycles. The van der Waals surface area contributed by atoms with Gasteiger partial charge in [0.05, 0.1) is 7.11 Å². The highest BCUT2D eigenvalue weighted by molar-refractivity contribution is 9.10. The Balaban J connectivity index is 1.96. The number of aromatic nitrogens is 4. The molecule has 0 radical (unpaired) electrons. The summed E-state index contributed by atoms with van der Waals surface area (Å²) in [5.41, 5.74) is 11.5. The predicted molar refractivity (Wildman–Crippen MR) is 123 cm³/mol. The van der Waals surface area contributed by atoms with Gasteiger partial charge in [-0.1, -0.05) is 24.6 Å². The van der Waals surface area contributed by atoms with Crippen LogP contribution in [0.25, 0.3) is 16.6 Å². The highest BCUT2D eigenvalue weighted by Crippen LogP contribution is 2.44. The fourth-order valence-electron chi connectivity index (χ4n) is 3.74. The Bertz CT molecular complexity index is 1250. The normalized spacial score (nSPS) is 12.3. The molecule has 30 heavy (non-hydrogen) atoms. The minimum absolute atomic E-state index is 0.129. The first-order valence-electron chi connectivity index (χ1n) is 9.41. The number of rotatable bonds is 4. The van der Waals surface area contributed by atoms with Gasteiger partial charge >= 0.3 is 0 Å². The number of fused-ring (bicyclic) bond motifs is 1. The number of methoxy groups -OCH3 is 1. The number of hydrogen-bond acceptors (Lipinski definition) is 5. The molecule has 1 unspecified atom stereocenters. The summed E-state index contributed by atoms with van der Waals surface area (Å²) in [7, 11) is 1.67. The van der Waals surface area contributed by atoms with Gasteiger partial charge in [0.2, 0.25) is 0 Å². The van der Waals surface area contributed by atoms with Crippen LogP contribution in [0, 0.1) is 13.8 Å². The molecule has 1 atom stereocenters. The van der Waals surface area contributed by atoms with E-state index in [4.69, 9.17) is 27.1 Å². The summed E-state index contributed by atoms with van der Waals surface area (Å²) in [5, 5.41) is 0.661. The van der Waals surface area contributed by atoms with Gasteiger partial charge in [-0.3, -0.25) is 9.38 Å². The van der Waals surface area contributed by atoms with Crippen molar-refractivity contribution in [2.75, 3.05) is 12.8 Å². The van der Waals surface area contributed by atoms with Crippen LogP contribution in [0.3, 0.4) is 0 Å². The first kappa shape index (κ1) is 20.6. The Kier molecular flexibility index (Phi) is 5.42. The van der Waals surface area contributed by atoms with Gasteiger partial charge in [0.15, 0.2) is 5.82 Å². The van der Waals surface area contributed by atoms with Crippen LogP contribution >= 0.6 is 27.5 Å². The fourth-order valence-corrected chi connectivity index (χ4v) is 4.52. The predicted octanol–water partition coefficient (Wildman–Crippen LogP) is 5.57. The van der Waals surface area contributed by atoms with Crippen LogP contribution in [0.4, 0.5) is 5.82 Å². The van der Waals surface area contributed by atoms with E-state index in [1.54, 1.807) is 13.3 Å². The van der Waals surface area contributed by atoms with Crippen LogP contribution in [-0.2, 0) is 0 Å². The van der Waals surface area contributed by atoms with E-state index in [-0.39, 0.29) is 5.92 Å². The van der Waals surface area contributed by atoms with Gasteiger partial charge < -0.3 is 10.5 Å². The number of hydrogen-bond donors (Lipinski definition) is 1. The molecule has 0 fully saturated rings. The van der Waals surface area contributed by atoms with E-state index < -0.39 is 0 Å². The lowest BCUT2D eigenvalue weighted by Crippen LogP contribution is -2.07. The third-order valence-electron chi connectivity index (χ3n) is 5.33. The number of nitrogen functional groups attached to an aromatic ring is 1. The number of nitrogens with two attached hydrogens (primary N) is 1. The second kappa shape index (κ2) is 7.89. The second-order valence-electron chi connectivity index (χ2n) is 7.18. The van der Waals surface area contributed by atoms with Crippen molar-refractivity contribution in [3.8, 4) is 16.9 Å². The molecule has 1 aromatic carbocycles. The molecule has 3 heterocycles. The number of aryl methyl sites for hydroxylation is 1. The molecule has 3 aromatic heterocycles. The number of ether oxygens (including phenoxy) is 1. The molecule has 0 aliphatic carbocycles. The molecule has 6 nitrogen and oxygen atoms in total. The smallest absolute Gasteiger partial charge is 0.150 e. The van der Waals surface area contributed by atoms with Gasteiger partial charge in [-0.05, 0) is 47.5 Å². The molecule has 0 bridgehead atoms. The zero-order valence-corrected chi connectivity index (χ0v) is 19.4. The standard InChI is InChI=1S/C22H21BrClN5O/c1-11-5-6-14(10-27-11)17-13(3)16(24)9-15(19(17)30-4)12(2)22-28-20(23)18-21(25)26-7-8-29(18)22/h5-10,12H,1-4H3,(H2,25,26). The Morgan fingerprint density at radius 3 is 2.67 bits per heavy atom. The van der Waals surface area contributed by atoms with E-state index in [0.717, 1.165) is 45.0 Å². The lowest BCUT2D eigenvalue weighted by atomic mass is 9.91. The SMILES string of the molecule is COc1c(C(C)c2nc(Br)c3c(N)nccn23)cc(Cl)c(C)c1-c1ccc(C)nc1. The minimum Gasteiger partial charge on any atom is -0.496 e. The van der Waals surface area contributed by atoms with Crippen LogP contribution in [0.15, 0.2) is 41.4 Å². The van der Waals surface area contributed by atoms with Gasteiger partial charge in [0.1, 0.15) is 21.7 Å². The molecular formula is C22H21BrClN5O. The lowest BCUT2D eigenvalue weighted by Gasteiger charge is -2.21. The number of anilines is 1. The number of nitrogens with zero attached hydrogens (tertiary/aromatic N) is 4. The molecule has 0 saturated heterocycles. The number of imidazole rings is 1. The maximum atomic E-state index is 6.67. The highest BCUT2D eigenvalue weighted by atomic mass is 79.9. The van der Waals surface area contributed by atoms with E-state index >= 15 is 0 Å². The Labute approximate surface area is 188 Å². The van der Waals surface area contributed by atoms with E-state index in [1.165, 1.54) is 0 Å². The van der Waals surface area contributed by atoms with Crippen molar-refractivity contribution in [1.29, 1.82) is 0 Å². The average molecular weight is 487 g/mol. The van der Waals surface area contributed by atoms with Crippen molar-refractivity contribution in [2.45, 2.75) is 26.7 Å². The second-order valence-corrected chi connectivity index (χ2v) is 8.34. The Hall–Kier alpha value is -2.64. The fraction of sp³-hybridized carbons (Fsp3) is 0.227. The molecule has 4 aromatic rings. The summed E-state index contributed by atoms with van der Waals surface area (Å²) in [6, 6.07) is 5.96. The minimum atomic E-state index is -0.129. The van der Waals surface area contributed by atoms with Crippen molar-refractivity contribution in [3.63, 3.8) is 0 Å². The van der Waals surface area contributed by atoms with E-state index in [0.29, 0.717) is 15.4 Å². The van der Waals surface area contributed by atoms with Crippen LogP contribution in [0.2, 0.25) is 5.02 Å². The first-order chi connectivity index (χ1) is 14.3. The monoisotopic (exact) mass is 485 g/mol. The summed E-state index contributed by atoms with van der Waals surface area (Å²) in [4.78, 5) is 13.3. The summed E-state index contributed by atoms with van der Waals surface area (Å²) in [6.45, 7) is 6.02. The van der Waals surface area contributed by atoms with Gasteiger partial charge in [-0.2, -0.15) is 0 Å². The molecule has 2 N–H and O–H groups in total. The molecule has 4 rings (SSSR count). The first-order valence-corrected chi connectivity index (χ1v) is 10.6. The number of pyridine rings is 1. The van der Waals surface area contributed by atoms with E-state index in [1.807, 2.05) is 48.8 Å². The lowest BCUT2D eigenvalue weighted by molar-refractivity contribution is 0.409. The van der Waals surface area contributed by atoms with Gasteiger partial charge in [0, 0.05) is 51.9 Å².